The van der Waals surface area contributed by atoms with Crippen molar-refractivity contribution in [2.24, 2.45) is 0 Å². The molecule has 0 aliphatic carbocycles. The van der Waals surface area contributed by atoms with E-state index in [-0.39, 0.29) is 6.42 Å². The van der Waals surface area contributed by atoms with Gasteiger partial charge in [0.1, 0.15) is 10.8 Å². The third kappa shape index (κ3) is 3.52. The summed E-state index contributed by atoms with van der Waals surface area (Å²) in [7, 11) is -1.18. The molecule has 3 N–H and O–H groups in total. The fraction of sp³-hybridized carbons (Fsp3) is 0.308. The van der Waals surface area contributed by atoms with Crippen LogP contribution in [0.4, 0.5) is 0 Å². The first kappa shape index (κ1) is 17.1. The second kappa shape index (κ2) is 7.03. The van der Waals surface area contributed by atoms with Crippen LogP contribution in [0.1, 0.15) is 28.7 Å². The average molecular weight is 370 g/mol. The first-order valence-corrected chi connectivity index (χ1v) is 8.21. The molecule has 2 aromatic rings. The second-order valence-electron chi connectivity index (χ2n) is 5.19. The quantitative estimate of drug-likeness (QED) is 0.513. The number of ether oxygens (including phenoxy) is 1. The molecule has 1 aromatic carbocycles. The highest BCUT2D eigenvalue weighted by Crippen LogP contribution is 2.33. The van der Waals surface area contributed by atoms with Crippen LogP contribution >= 0.6 is 23.1 Å². The fourth-order valence-electron chi connectivity index (χ4n) is 2.61. The highest BCUT2D eigenvalue weighted by Gasteiger charge is 2.38. The van der Waals surface area contributed by atoms with Crippen molar-refractivity contribution in [2.75, 3.05) is 0 Å². The van der Waals surface area contributed by atoms with Crippen molar-refractivity contribution < 1.29 is 24.3 Å². The molecule has 3 rings (SSSR count). The largest absolute Gasteiger partial charge is 0.492 e. The normalized spacial score (nSPS) is 16.3. The summed E-state index contributed by atoms with van der Waals surface area (Å²) in [6, 6.07) is 3.37. The lowest BCUT2D eigenvalue weighted by molar-refractivity contribution is -0.138. The minimum absolute atomic E-state index is 0.212. The van der Waals surface area contributed by atoms with Crippen LogP contribution < -0.4 is 15.0 Å². The van der Waals surface area contributed by atoms with Crippen molar-refractivity contribution >= 4 is 41.7 Å². The number of carboxylic acid groups (broad SMARTS) is 1. The number of aliphatic carboxylic acids is 1. The Balaban J connectivity index is 1.85. The number of benzene rings is 1. The predicted molar refractivity (Wildman–Crippen MR) is 87.5 cm³/mol. The van der Waals surface area contributed by atoms with E-state index in [1.54, 1.807) is 12.1 Å². The monoisotopic (exact) mass is 369 g/mol. The molecular weight excluding hydrogens is 356 g/mol. The van der Waals surface area contributed by atoms with Gasteiger partial charge in [0.2, 0.25) is 0 Å². The molecule has 1 aromatic heterocycles. The number of carboxylic acids is 1. The Morgan fingerprint density at radius 1 is 1.54 bits per heavy atom. The average Bonchev–Trinajstić information content (AvgIpc) is 3.05. The molecule has 1 aliphatic rings. The Kier molecular flexibility index (Phi) is 5.02. The van der Waals surface area contributed by atoms with Gasteiger partial charge in [-0.1, -0.05) is 16.4 Å². The molecule has 8 nitrogen and oxygen atoms in total. The summed E-state index contributed by atoms with van der Waals surface area (Å²) in [6.45, 7) is 2.18. The molecule has 0 spiro atoms. The Morgan fingerprint density at radius 3 is 3.04 bits per heavy atom. The number of hydrogen-bond donors (Lipinski definition) is 3. The topological polar surface area (TPSA) is 114 Å². The first-order chi connectivity index (χ1) is 11.5. The van der Waals surface area contributed by atoms with Gasteiger partial charge in [0.15, 0.2) is 0 Å². The molecule has 0 radical (unpaired) electrons. The number of halogens is 1. The molecule has 11 heteroatoms. The zero-order valence-electron chi connectivity index (χ0n) is 12.5. The number of fused-ring (bicyclic) bond motifs is 1. The number of carbonyl (C=O) groups is 1. The van der Waals surface area contributed by atoms with E-state index in [0.717, 1.165) is 5.56 Å². The number of rotatable bonds is 6. The molecule has 0 fully saturated rings. The molecule has 0 amide bonds. The molecule has 0 saturated carbocycles. The van der Waals surface area contributed by atoms with Crippen LogP contribution in [0.2, 0.25) is 0 Å². The van der Waals surface area contributed by atoms with Crippen LogP contribution in [0.25, 0.3) is 0 Å². The van der Waals surface area contributed by atoms with Gasteiger partial charge in [0.25, 0.3) is 5.19 Å². The van der Waals surface area contributed by atoms with Gasteiger partial charge in [-0.3, -0.25) is 4.79 Å². The maximum Gasteiger partial charge on any atom is 0.492 e. The number of aryl methyl sites for hydroxylation is 1. The van der Waals surface area contributed by atoms with Gasteiger partial charge in [-0.2, -0.15) is 0 Å². The maximum absolute atomic E-state index is 10.9. The predicted octanol–water partition coefficient (Wildman–Crippen LogP) is 1.12. The lowest BCUT2D eigenvalue weighted by Crippen LogP contribution is -2.28. The third-order valence-electron chi connectivity index (χ3n) is 3.51. The molecule has 1 aliphatic heterocycles. The van der Waals surface area contributed by atoms with E-state index in [2.05, 4.69) is 15.0 Å². The zero-order chi connectivity index (χ0) is 17.3. The third-order valence-corrected chi connectivity index (χ3v) is 4.44. The Hall–Kier alpha value is -1.72. The molecule has 126 valence electrons. The highest BCUT2D eigenvalue weighted by molar-refractivity contribution is 7.13. The van der Waals surface area contributed by atoms with E-state index in [0.29, 0.717) is 33.5 Å². The second-order valence-corrected chi connectivity index (χ2v) is 6.48. The summed E-state index contributed by atoms with van der Waals surface area (Å²) in [5.74, 6) is -0.527. The molecule has 1 atom stereocenters. The van der Waals surface area contributed by atoms with Gasteiger partial charge < -0.3 is 19.5 Å². The Labute approximate surface area is 146 Å². The van der Waals surface area contributed by atoms with Crippen LogP contribution in [-0.2, 0) is 16.0 Å². The van der Waals surface area contributed by atoms with E-state index < -0.39 is 19.2 Å². The van der Waals surface area contributed by atoms with Crippen LogP contribution in [0.3, 0.4) is 0 Å². The van der Waals surface area contributed by atoms with Crippen molar-refractivity contribution in [3.8, 4) is 10.9 Å². The van der Waals surface area contributed by atoms with Crippen molar-refractivity contribution in [1.82, 2.24) is 15.0 Å². The van der Waals surface area contributed by atoms with E-state index in [1.165, 1.54) is 11.3 Å². The molecule has 0 bridgehead atoms. The minimum atomic E-state index is -1.18. The molecule has 1 unspecified atom stereocenters. The van der Waals surface area contributed by atoms with Gasteiger partial charge in [-0.05, 0) is 47.4 Å². The van der Waals surface area contributed by atoms with Gasteiger partial charge >= 0.3 is 13.1 Å². The summed E-state index contributed by atoms with van der Waals surface area (Å²) in [4.78, 5) is 13.4. The summed E-state index contributed by atoms with van der Waals surface area (Å²) in [6.07, 6.45) is -0.888. The van der Waals surface area contributed by atoms with Crippen molar-refractivity contribution in [1.29, 1.82) is 0 Å². The number of hydrogen-bond acceptors (Lipinski definition) is 8. The van der Waals surface area contributed by atoms with Crippen LogP contribution in [-0.4, -0.2) is 33.4 Å². The Bertz CT molecular complexity index is 774. The minimum Gasteiger partial charge on any atom is -0.481 e. The molecule has 2 heterocycles. The van der Waals surface area contributed by atoms with Crippen molar-refractivity contribution in [3.05, 3.63) is 28.3 Å². The van der Waals surface area contributed by atoms with Crippen molar-refractivity contribution in [2.45, 2.75) is 26.0 Å². The smallest absolute Gasteiger partial charge is 0.481 e. The van der Waals surface area contributed by atoms with Gasteiger partial charge in [-0.25, -0.2) is 4.84 Å². The fourth-order valence-corrected chi connectivity index (χ4v) is 3.46. The summed E-state index contributed by atoms with van der Waals surface area (Å²) < 4.78 is 11.0. The SMILES string of the molecule is Cc1cc(Oc2nnc(CNCl)s2)cc2c1C(CC(=O)O)OB2O. The summed E-state index contributed by atoms with van der Waals surface area (Å²) >= 11 is 6.66. The molecular formula is C13H13BClN3O5S. The lowest BCUT2D eigenvalue weighted by atomic mass is 9.77. The van der Waals surface area contributed by atoms with Crippen LogP contribution in [0.15, 0.2) is 12.1 Å². The first-order valence-electron chi connectivity index (χ1n) is 7.01. The number of nitrogens with one attached hydrogen (secondary N) is 1. The Morgan fingerprint density at radius 2 is 2.33 bits per heavy atom. The molecule has 0 saturated heterocycles. The highest BCUT2D eigenvalue weighted by atomic mass is 35.5. The van der Waals surface area contributed by atoms with E-state index in [4.69, 9.17) is 26.3 Å². The van der Waals surface area contributed by atoms with Gasteiger partial charge in [0, 0.05) is 0 Å². The van der Waals surface area contributed by atoms with E-state index in [9.17, 15) is 9.82 Å². The standard InChI is InChI=1S/C13H13BClN3O5S/c1-6-2-7(22-13-18-17-10(24-13)5-16-15)3-8-12(6)9(4-11(19)20)23-14(8)21/h2-3,9,16,21H,4-5H2,1H3,(H,19,20). The number of nitrogens with zero attached hydrogens (tertiary/aromatic N) is 2. The summed E-state index contributed by atoms with van der Waals surface area (Å²) in [5.41, 5.74) is 1.96. The maximum atomic E-state index is 10.9. The number of aromatic nitrogens is 2. The van der Waals surface area contributed by atoms with Gasteiger partial charge in [-0.15, -0.1) is 5.10 Å². The van der Waals surface area contributed by atoms with Gasteiger partial charge in [0.05, 0.1) is 19.1 Å². The van der Waals surface area contributed by atoms with Crippen LogP contribution in [0, 0.1) is 6.92 Å². The summed E-state index contributed by atoms with van der Waals surface area (Å²) in [5, 5.41) is 27.8. The van der Waals surface area contributed by atoms with Crippen molar-refractivity contribution in [3.63, 3.8) is 0 Å². The zero-order valence-corrected chi connectivity index (χ0v) is 14.1. The van der Waals surface area contributed by atoms with Crippen LogP contribution in [0.5, 0.6) is 10.9 Å². The lowest BCUT2D eigenvalue weighted by Gasteiger charge is -2.12. The molecule has 24 heavy (non-hydrogen) atoms. The van der Waals surface area contributed by atoms with E-state index >= 15 is 0 Å². The van der Waals surface area contributed by atoms with E-state index in [1.807, 2.05) is 6.92 Å².